The van der Waals surface area contributed by atoms with Crippen LogP contribution in [0.3, 0.4) is 0 Å². The molecule has 0 aliphatic carbocycles. The van der Waals surface area contributed by atoms with Crippen molar-refractivity contribution in [3.8, 4) is 11.5 Å². The number of aromatic nitrogens is 4. The molecule has 0 radical (unpaired) electrons. The van der Waals surface area contributed by atoms with Crippen LogP contribution in [0.5, 0.6) is 11.5 Å². The highest BCUT2D eigenvalue weighted by Gasteiger charge is 2.18. The quantitative estimate of drug-likeness (QED) is 0.749. The van der Waals surface area contributed by atoms with E-state index in [-0.39, 0.29) is 17.7 Å². The number of ether oxygens (including phenoxy) is 1. The number of oxazole rings is 1. The molecule has 0 fully saturated rings. The molecule has 0 amide bonds. The molecule has 108 valence electrons. The van der Waals surface area contributed by atoms with E-state index in [9.17, 15) is 0 Å². The normalized spacial score (nSPS) is 11.2. The highest BCUT2D eigenvalue weighted by atomic mass is 16.5. The van der Waals surface area contributed by atoms with Gasteiger partial charge in [-0.05, 0) is 5.92 Å². The zero-order chi connectivity index (χ0) is 15.0. The fraction of sp³-hybridized carbons (Fsp3) is 0.231. The predicted molar refractivity (Wildman–Crippen MR) is 76.8 cm³/mol. The van der Waals surface area contributed by atoms with Gasteiger partial charge in [0, 0.05) is 11.8 Å². The number of hydrogen-bond donors (Lipinski definition) is 2. The Bertz CT molecular complexity index is 798. The van der Waals surface area contributed by atoms with Crippen molar-refractivity contribution in [3.05, 3.63) is 24.4 Å². The first-order valence-electron chi connectivity index (χ1n) is 6.34. The van der Waals surface area contributed by atoms with E-state index in [4.69, 9.17) is 20.6 Å². The molecule has 8 nitrogen and oxygen atoms in total. The molecule has 8 heteroatoms. The standard InChI is InChI=1S/C13H14N6O2/c1-6(2)7-3-16-12-9(18-5-20-12)10(7)21-8-4-17-13(15)19-11(8)14/h3-6H,1-2H3,(H4,14,15,17,19). The van der Waals surface area contributed by atoms with Gasteiger partial charge in [0.25, 0.3) is 5.71 Å². The Balaban J connectivity index is 2.14. The van der Waals surface area contributed by atoms with Crippen molar-refractivity contribution in [2.24, 2.45) is 0 Å². The minimum atomic E-state index is 0.0882. The van der Waals surface area contributed by atoms with E-state index in [2.05, 4.69) is 19.9 Å². The maximum absolute atomic E-state index is 5.86. The van der Waals surface area contributed by atoms with Gasteiger partial charge in [-0.25, -0.2) is 15.0 Å². The molecular weight excluding hydrogens is 272 g/mol. The number of hydrogen-bond acceptors (Lipinski definition) is 8. The van der Waals surface area contributed by atoms with Crippen molar-refractivity contribution in [2.75, 3.05) is 11.5 Å². The number of rotatable bonds is 3. The first-order valence-corrected chi connectivity index (χ1v) is 6.34. The van der Waals surface area contributed by atoms with Gasteiger partial charge < -0.3 is 20.6 Å². The number of nitrogen functional groups attached to an aromatic ring is 2. The largest absolute Gasteiger partial charge is 0.449 e. The third-order valence-electron chi connectivity index (χ3n) is 2.98. The zero-order valence-corrected chi connectivity index (χ0v) is 11.6. The van der Waals surface area contributed by atoms with Gasteiger partial charge in [-0.2, -0.15) is 4.98 Å². The van der Waals surface area contributed by atoms with Gasteiger partial charge in [-0.1, -0.05) is 13.8 Å². The molecule has 4 N–H and O–H groups in total. The van der Waals surface area contributed by atoms with E-state index < -0.39 is 0 Å². The van der Waals surface area contributed by atoms with E-state index in [1.807, 2.05) is 13.8 Å². The lowest BCUT2D eigenvalue weighted by molar-refractivity contribution is 0.475. The first kappa shape index (κ1) is 13.1. The average Bonchev–Trinajstić information content (AvgIpc) is 2.90. The van der Waals surface area contributed by atoms with E-state index >= 15 is 0 Å². The third-order valence-corrected chi connectivity index (χ3v) is 2.98. The lowest BCUT2D eigenvalue weighted by Crippen LogP contribution is -2.03. The Morgan fingerprint density at radius 3 is 2.67 bits per heavy atom. The molecule has 3 aromatic heterocycles. The summed E-state index contributed by atoms with van der Waals surface area (Å²) in [5, 5.41) is 0. The predicted octanol–water partition coefficient (Wildman–Crippen LogP) is 2.09. The van der Waals surface area contributed by atoms with Crippen LogP contribution >= 0.6 is 0 Å². The van der Waals surface area contributed by atoms with E-state index in [0.717, 1.165) is 5.56 Å². The maximum Gasteiger partial charge on any atom is 0.250 e. The van der Waals surface area contributed by atoms with E-state index in [0.29, 0.717) is 22.7 Å². The lowest BCUT2D eigenvalue weighted by atomic mass is 10.0. The number of fused-ring (bicyclic) bond motifs is 1. The van der Waals surface area contributed by atoms with Crippen molar-refractivity contribution in [2.45, 2.75) is 19.8 Å². The summed E-state index contributed by atoms with van der Waals surface area (Å²) in [5.41, 5.74) is 13.1. The monoisotopic (exact) mass is 286 g/mol. The molecule has 3 heterocycles. The lowest BCUT2D eigenvalue weighted by Gasteiger charge is -2.13. The number of nitrogens with zero attached hydrogens (tertiary/aromatic N) is 4. The highest BCUT2D eigenvalue weighted by Crippen LogP contribution is 2.36. The van der Waals surface area contributed by atoms with Gasteiger partial charge in [-0.3, -0.25) is 0 Å². The second-order valence-corrected chi connectivity index (χ2v) is 4.78. The SMILES string of the molecule is CC(C)c1cnc2ocnc2c1Oc1cnc(N)nc1N. The Hall–Kier alpha value is -2.90. The number of pyridine rings is 1. The zero-order valence-electron chi connectivity index (χ0n) is 11.6. The molecule has 21 heavy (non-hydrogen) atoms. The fourth-order valence-corrected chi connectivity index (χ4v) is 1.92. The molecule has 0 unspecified atom stereocenters. The molecular formula is C13H14N6O2. The maximum atomic E-state index is 5.86. The molecule has 0 aliphatic heterocycles. The molecule has 0 bridgehead atoms. The summed E-state index contributed by atoms with van der Waals surface area (Å²) in [6.45, 7) is 4.05. The summed E-state index contributed by atoms with van der Waals surface area (Å²) in [4.78, 5) is 16.1. The Morgan fingerprint density at radius 1 is 1.14 bits per heavy atom. The van der Waals surface area contributed by atoms with Crippen LogP contribution in [0, 0.1) is 0 Å². The van der Waals surface area contributed by atoms with Gasteiger partial charge in [0.15, 0.2) is 29.2 Å². The van der Waals surface area contributed by atoms with Crippen LogP contribution in [0.2, 0.25) is 0 Å². The molecule has 0 saturated carbocycles. The fourth-order valence-electron chi connectivity index (χ4n) is 1.92. The smallest absolute Gasteiger partial charge is 0.250 e. The second kappa shape index (κ2) is 4.89. The summed E-state index contributed by atoms with van der Waals surface area (Å²) in [6, 6.07) is 0. The minimum Gasteiger partial charge on any atom is -0.449 e. The van der Waals surface area contributed by atoms with Crippen LogP contribution in [-0.2, 0) is 0 Å². The molecule has 3 rings (SSSR count). The van der Waals surface area contributed by atoms with Gasteiger partial charge in [-0.15, -0.1) is 0 Å². The Kier molecular flexibility index (Phi) is 3.05. The molecule has 0 spiro atoms. The summed E-state index contributed by atoms with van der Waals surface area (Å²) >= 11 is 0. The summed E-state index contributed by atoms with van der Waals surface area (Å²) < 4.78 is 11.1. The summed E-state index contributed by atoms with van der Waals surface area (Å²) in [5.74, 6) is 1.27. The van der Waals surface area contributed by atoms with Gasteiger partial charge in [0.1, 0.15) is 0 Å². The van der Waals surface area contributed by atoms with Crippen molar-refractivity contribution in [3.63, 3.8) is 0 Å². The van der Waals surface area contributed by atoms with Gasteiger partial charge in [0.2, 0.25) is 5.95 Å². The topological polar surface area (TPSA) is 126 Å². The Labute approximate surface area is 120 Å². The molecule has 0 aliphatic rings. The van der Waals surface area contributed by atoms with Crippen LogP contribution in [0.4, 0.5) is 11.8 Å². The van der Waals surface area contributed by atoms with Crippen LogP contribution in [-0.4, -0.2) is 19.9 Å². The molecule has 3 aromatic rings. The third kappa shape index (κ3) is 2.31. The average molecular weight is 286 g/mol. The van der Waals surface area contributed by atoms with Crippen molar-refractivity contribution in [1.29, 1.82) is 0 Å². The first-order chi connectivity index (χ1) is 10.1. The van der Waals surface area contributed by atoms with Crippen molar-refractivity contribution >= 4 is 23.0 Å². The van der Waals surface area contributed by atoms with Gasteiger partial charge >= 0.3 is 0 Å². The van der Waals surface area contributed by atoms with E-state index in [1.165, 1.54) is 12.6 Å². The summed E-state index contributed by atoms with van der Waals surface area (Å²) in [6.07, 6.45) is 4.44. The van der Waals surface area contributed by atoms with Crippen LogP contribution in [0.25, 0.3) is 11.2 Å². The van der Waals surface area contributed by atoms with Gasteiger partial charge in [0.05, 0.1) is 6.20 Å². The van der Waals surface area contributed by atoms with Crippen LogP contribution < -0.4 is 16.2 Å². The second-order valence-electron chi connectivity index (χ2n) is 4.78. The van der Waals surface area contributed by atoms with Crippen molar-refractivity contribution in [1.82, 2.24) is 19.9 Å². The summed E-state index contributed by atoms with van der Waals surface area (Å²) in [7, 11) is 0. The molecule has 0 aromatic carbocycles. The highest BCUT2D eigenvalue weighted by molar-refractivity contribution is 5.78. The number of nitrogens with two attached hydrogens (primary N) is 2. The van der Waals surface area contributed by atoms with E-state index in [1.54, 1.807) is 6.20 Å². The molecule has 0 saturated heterocycles. The van der Waals surface area contributed by atoms with Crippen LogP contribution in [0.1, 0.15) is 25.3 Å². The Morgan fingerprint density at radius 2 is 1.95 bits per heavy atom. The minimum absolute atomic E-state index is 0.0882. The molecule has 0 atom stereocenters. The van der Waals surface area contributed by atoms with Crippen LogP contribution in [0.15, 0.2) is 23.2 Å². The number of anilines is 2. The van der Waals surface area contributed by atoms with Crippen molar-refractivity contribution < 1.29 is 9.15 Å².